The molecule has 1 aromatic heterocycles. The van der Waals surface area contributed by atoms with Gasteiger partial charge in [-0.15, -0.1) is 0 Å². The molecule has 0 radical (unpaired) electrons. The number of carbonyl (C=O) groups excluding carboxylic acids is 1. The van der Waals surface area contributed by atoms with Crippen LogP contribution in [0.25, 0.3) is 22.1 Å². The molecule has 0 saturated carbocycles. The minimum Gasteiger partial charge on any atom is -0.462 e. The molecule has 0 bridgehead atoms. The maximum atomic E-state index is 12.8. The van der Waals surface area contributed by atoms with Crippen molar-refractivity contribution in [1.82, 2.24) is 0 Å². The van der Waals surface area contributed by atoms with E-state index in [4.69, 9.17) is 20.8 Å². The molecular weight excluding hydrogens is 340 g/mol. The Kier molecular flexibility index (Phi) is 4.91. The predicted molar refractivity (Wildman–Crippen MR) is 98.3 cm³/mol. The van der Waals surface area contributed by atoms with Crippen LogP contribution in [0, 0.1) is 0 Å². The van der Waals surface area contributed by atoms with Crippen molar-refractivity contribution >= 4 is 28.5 Å². The molecule has 3 rings (SSSR count). The molecule has 3 aromatic rings. The maximum absolute atomic E-state index is 12.8. The Balaban J connectivity index is 2.28. The van der Waals surface area contributed by atoms with E-state index in [1.807, 2.05) is 37.3 Å². The van der Waals surface area contributed by atoms with Gasteiger partial charge in [-0.05, 0) is 24.6 Å². The fourth-order valence-electron chi connectivity index (χ4n) is 2.76. The van der Waals surface area contributed by atoms with Crippen LogP contribution < -0.4 is 5.43 Å². The van der Waals surface area contributed by atoms with Crippen molar-refractivity contribution < 1.29 is 13.9 Å². The van der Waals surface area contributed by atoms with Crippen LogP contribution in [0.4, 0.5) is 0 Å². The number of halogens is 1. The maximum Gasteiger partial charge on any atom is 0.345 e. The van der Waals surface area contributed by atoms with Gasteiger partial charge >= 0.3 is 5.97 Å². The molecule has 0 aliphatic carbocycles. The third kappa shape index (κ3) is 3.17. The molecule has 0 aliphatic heterocycles. The Hall–Kier alpha value is -2.59. The number of fused-ring (bicyclic) bond motifs is 1. The second-order valence-corrected chi connectivity index (χ2v) is 5.90. The van der Waals surface area contributed by atoms with Crippen LogP contribution in [0.5, 0.6) is 0 Å². The molecule has 0 aliphatic rings. The van der Waals surface area contributed by atoms with Crippen molar-refractivity contribution in [3.63, 3.8) is 0 Å². The van der Waals surface area contributed by atoms with Crippen molar-refractivity contribution in [2.75, 3.05) is 6.61 Å². The molecule has 2 aromatic carbocycles. The van der Waals surface area contributed by atoms with Gasteiger partial charge in [0.15, 0.2) is 0 Å². The third-order valence-electron chi connectivity index (χ3n) is 3.94. The summed E-state index contributed by atoms with van der Waals surface area (Å²) in [6.07, 6.45) is 0.405. The van der Waals surface area contributed by atoms with Gasteiger partial charge in [-0.25, -0.2) is 4.79 Å². The zero-order valence-corrected chi connectivity index (χ0v) is 14.7. The van der Waals surface area contributed by atoms with Crippen molar-refractivity contribution in [2.24, 2.45) is 0 Å². The normalized spacial score (nSPS) is 10.8. The van der Waals surface area contributed by atoms with E-state index in [1.165, 1.54) is 0 Å². The van der Waals surface area contributed by atoms with Crippen LogP contribution in [0.1, 0.15) is 30.0 Å². The summed E-state index contributed by atoms with van der Waals surface area (Å²) >= 11 is 6.38. The lowest BCUT2D eigenvalue weighted by atomic mass is 10.0. The van der Waals surface area contributed by atoms with Crippen LogP contribution in [0.3, 0.4) is 0 Å². The van der Waals surface area contributed by atoms with E-state index >= 15 is 0 Å². The molecule has 0 saturated heterocycles. The first kappa shape index (κ1) is 17.2. The fraction of sp³-hybridized carbons (Fsp3) is 0.200. The molecule has 5 heteroatoms. The first-order valence-corrected chi connectivity index (χ1v) is 8.46. The molecule has 0 atom stereocenters. The first-order valence-electron chi connectivity index (χ1n) is 8.08. The van der Waals surface area contributed by atoms with Gasteiger partial charge in [0.2, 0.25) is 5.43 Å². The summed E-state index contributed by atoms with van der Waals surface area (Å²) in [7, 11) is 0. The first-order chi connectivity index (χ1) is 12.1. The predicted octanol–water partition coefficient (Wildman–Crippen LogP) is 4.85. The van der Waals surface area contributed by atoms with Gasteiger partial charge in [-0.1, -0.05) is 48.9 Å². The molecule has 128 valence electrons. The molecule has 25 heavy (non-hydrogen) atoms. The van der Waals surface area contributed by atoms with Crippen LogP contribution >= 0.6 is 11.6 Å². The number of hydrogen-bond acceptors (Lipinski definition) is 4. The number of rotatable bonds is 4. The lowest BCUT2D eigenvalue weighted by molar-refractivity contribution is 0.0520. The molecule has 1 heterocycles. The van der Waals surface area contributed by atoms with Crippen molar-refractivity contribution in [2.45, 2.75) is 20.3 Å². The smallest absolute Gasteiger partial charge is 0.345 e. The number of carbonyl (C=O) groups is 1. The number of benzene rings is 2. The quantitative estimate of drug-likeness (QED) is 0.627. The van der Waals surface area contributed by atoms with Crippen molar-refractivity contribution in [3.05, 3.63) is 69.0 Å². The molecule has 0 N–H and O–H groups in total. The van der Waals surface area contributed by atoms with Crippen LogP contribution in [0.2, 0.25) is 5.02 Å². The minimum atomic E-state index is -0.668. The monoisotopic (exact) mass is 356 g/mol. The molecule has 0 fully saturated rings. The zero-order valence-electron chi connectivity index (χ0n) is 14.0. The molecule has 0 amide bonds. The van der Waals surface area contributed by atoms with Gasteiger partial charge in [0, 0.05) is 17.0 Å². The summed E-state index contributed by atoms with van der Waals surface area (Å²) < 4.78 is 10.8. The largest absolute Gasteiger partial charge is 0.462 e. The van der Waals surface area contributed by atoms with E-state index in [2.05, 4.69) is 0 Å². The Morgan fingerprint density at radius 3 is 2.52 bits per heavy atom. The van der Waals surface area contributed by atoms with E-state index in [1.54, 1.807) is 19.1 Å². The standard InChI is InChI=1S/C20H17ClO4/c1-3-16-18(20(23)24-4-2)19(22)14-10-15(21)13(11-17(14)25-16)12-8-6-5-7-9-12/h5-11H,3-4H2,1-2H3. The van der Waals surface area contributed by atoms with Crippen molar-refractivity contribution in [3.8, 4) is 11.1 Å². The lowest BCUT2D eigenvalue weighted by Gasteiger charge is -2.10. The third-order valence-corrected chi connectivity index (χ3v) is 4.25. The average Bonchev–Trinajstić information content (AvgIpc) is 2.62. The van der Waals surface area contributed by atoms with Crippen LogP contribution in [-0.4, -0.2) is 12.6 Å². The lowest BCUT2D eigenvalue weighted by Crippen LogP contribution is -2.20. The summed E-state index contributed by atoms with van der Waals surface area (Å²) in [5.41, 5.74) is 1.62. The number of ether oxygens (including phenoxy) is 1. The molecule has 0 spiro atoms. The van der Waals surface area contributed by atoms with Gasteiger partial charge in [-0.3, -0.25) is 4.79 Å². The second-order valence-electron chi connectivity index (χ2n) is 5.50. The van der Waals surface area contributed by atoms with Crippen molar-refractivity contribution in [1.29, 1.82) is 0 Å². The summed E-state index contributed by atoms with van der Waals surface area (Å²) in [4.78, 5) is 25.0. The highest BCUT2D eigenvalue weighted by atomic mass is 35.5. The second kappa shape index (κ2) is 7.11. The zero-order chi connectivity index (χ0) is 18.0. The van der Waals surface area contributed by atoms with Gasteiger partial charge < -0.3 is 9.15 Å². The van der Waals surface area contributed by atoms with E-state index < -0.39 is 11.4 Å². The summed E-state index contributed by atoms with van der Waals surface area (Å²) in [6.45, 7) is 3.70. The van der Waals surface area contributed by atoms with Gasteiger partial charge in [0.1, 0.15) is 16.9 Å². The van der Waals surface area contributed by atoms with Gasteiger partial charge in [-0.2, -0.15) is 0 Å². The van der Waals surface area contributed by atoms with Crippen LogP contribution in [0.15, 0.2) is 51.7 Å². The number of esters is 1. The summed E-state index contributed by atoms with van der Waals surface area (Å²) in [5, 5.41) is 0.690. The summed E-state index contributed by atoms with van der Waals surface area (Å²) in [6, 6.07) is 12.9. The summed E-state index contributed by atoms with van der Waals surface area (Å²) in [5.74, 6) is -0.351. The highest BCUT2D eigenvalue weighted by molar-refractivity contribution is 6.34. The number of hydrogen-bond donors (Lipinski definition) is 0. The van der Waals surface area contributed by atoms with Crippen LogP contribution in [-0.2, 0) is 11.2 Å². The van der Waals surface area contributed by atoms with Gasteiger partial charge in [0.25, 0.3) is 0 Å². The Labute approximate surface area is 150 Å². The SMILES string of the molecule is CCOC(=O)c1c(CC)oc2cc(-c3ccccc3)c(Cl)cc2c1=O. The van der Waals surface area contributed by atoms with E-state index in [0.717, 1.165) is 11.1 Å². The van der Waals surface area contributed by atoms with E-state index in [0.29, 0.717) is 22.8 Å². The Morgan fingerprint density at radius 1 is 1.16 bits per heavy atom. The Morgan fingerprint density at radius 2 is 1.88 bits per heavy atom. The highest BCUT2D eigenvalue weighted by Crippen LogP contribution is 2.32. The average molecular weight is 357 g/mol. The molecular formula is C20H17ClO4. The Bertz CT molecular complexity index is 990. The van der Waals surface area contributed by atoms with E-state index in [-0.39, 0.29) is 17.6 Å². The topological polar surface area (TPSA) is 56.5 Å². The van der Waals surface area contributed by atoms with Gasteiger partial charge in [0.05, 0.1) is 12.0 Å². The minimum absolute atomic E-state index is 0.0552. The van der Waals surface area contributed by atoms with E-state index in [9.17, 15) is 9.59 Å². The molecule has 4 nitrogen and oxygen atoms in total. The fourth-order valence-corrected chi connectivity index (χ4v) is 3.03. The number of aryl methyl sites for hydroxylation is 1. The molecule has 0 unspecified atom stereocenters. The highest BCUT2D eigenvalue weighted by Gasteiger charge is 2.22.